The average molecular weight is 454 g/mol. The summed E-state index contributed by atoms with van der Waals surface area (Å²) < 4.78 is 16.0. The maximum Gasteiger partial charge on any atom is 0.328 e. The van der Waals surface area contributed by atoms with E-state index in [9.17, 15) is 14.4 Å². The van der Waals surface area contributed by atoms with Gasteiger partial charge in [-0.25, -0.2) is 4.79 Å². The first-order valence-electron chi connectivity index (χ1n) is 11.3. The summed E-state index contributed by atoms with van der Waals surface area (Å²) in [7, 11) is 3.15. The summed E-state index contributed by atoms with van der Waals surface area (Å²) >= 11 is 0. The van der Waals surface area contributed by atoms with Gasteiger partial charge in [-0.05, 0) is 37.0 Å². The van der Waals surface area contributed by atoms with Crippen LogP contribution in [0.15, 0.2) is 48.5 Å². The maximum atomic E-state index is 12.7. The van der Waals surface area contributed by atoms with E-state index in [0.29, 0.717) is 49.3 Å². The Morgan fingerprint density at radius 3 is 2.45 bits per heavy atom. The Morgan fingerprint density at radius 2 is 1.73 bits per heavy atom. The van der Waals surface area contributed by atoms with E-state index in [-0.39, 0.29) is 30.7 Å². The van der Waals surface area contributed by atoms with Crippen LogP contribution in [-0.2, 0) is 20.7 Å². The predicted octanol–water partition coefficient (Wildman–Crippen LogP) is 3.83. The number of carbonyl (C=O) groups excluding carboxylic acids is 3. The molecule has 0 aliphatic carbocycles. The zero-order chi connectivity index (χ0) is 23.6. The van der Waals surface area contributed by atoms with Crippen LogP contribution in [0, 0.1) is 0 Å². The molecule has 0 unspecified atom stereocenters. The molecule has 0 spiro atoms. The van der Waals surface area contributed by atoms with Crippen molar-refractivity contribution in [3.63, 3.8) is 0 Å². The van der Waals surface area contributed by atoms with Crippen LogP contribution in [0.3, 0.4) is 0 Å². The van der Waals surface area contributed by atoms with Gasteiger partial charge in [0, 0.05) is 31.4 Å². The molecule has 0 radical (unpaired) electrons. The van der Waals surface area contributed by atoms with Crippen LogP contribution in [0.1, 0.15) is 48.0 Å². The Morgan fingerprint density at radius 1 is 0.970 bits per heavy atom. The topological polar surface area (TPSA) is 82.1 Å². The van der Waals surface area contributed by atoms with E-state index in [4.69, 9.17) is 14.2 Å². The third-order valence-electron chi connectivity index (χ3n) is 5.82. The Balaban J connectivity index is 1.44. The highest BCUT2D eigenvalue weighted by Crippen LogP contribution is 2.28. The summed E-state index contributed by atoms with van der Waals surface area (Å²) in [5.74, 6) is 0.816. The molecule has 0 saturated carbocycles. The predicted molar refractivity (Wildman–Crippen MR) is 124 cm³/mol. The standard InChI is InChI=1S/C26H31NO6/c1-31-23-14-13-19(18-24(23)32-2)15-17-33-26(30)21-10-7-16-27(21)25(29)12-6-11-22(28)20-8-4-3-5-9-20/h3-5,8-9,13-14,18,21H,6-7,10-12,15-17H2,1-2H3/t21-/m0/s1. The number of nitrogens with zero attached hydrogens (tertiary/aromatic N) is 1. The molecule has 1 atom stereocenters. The van der Waals surface area contributed by atoms with Crippen LogP contribution in [0.5, 0.6) is 11.5 Å². The summed E-state index contributed by atoms with van der Waals surface area (Å²) in [5, 5.41) is 0. The number of ketones is 1. The zero-order valence-corrected chi connectivity index (χ0v) is 19.2. The molecule has 1 fully saturated rings. The Labute approximate surface area is 194 Å². The van der Waals surface area contributed by atoms with Crippen LogP contribution in [0.25, 0.3) is 0 Å². The molecule has 1 heterocycles. The Bertz CT molecular complexity index is 959. The molecule has 176 valence electrons. The highest BCUT2D eigenvalue weighted by atomic mass is 16.5. The van der Waals surface area contributed by atoms with E-state index in [2.05, 4.69) is 0 Å². The summed E-state index contributed by atoms with van der Waals surface area (Å²) in [5.41, 5.74) is 1.62. The molecule has 2 aromatic rings. The van der Waals surface area contributed by atoms with Crippen molar-refractivity contribution in [3.8, 4) is 11.5 Å². The van der Waals surface area contributed by atoms with Gasteiger partial charge in [-0.2, -0.15) is 0 Å². The Kier molecular flexibility index (Phi) is 8.87. The number of methoxy groups -OCH3 is 2. The van der Waals surface area contributed by atoms with Gasteiger partial charge in [-0.3, -0.25) is 9.59 Å². The van der Waals surface area contributed by atoms with Gasteiger partial charge in [0.15, 0.2) is 17.3 Å². The second-order valence-electron chi connectivity index (χ2n) is 7.99. The van der Waals surface area contributed by atoms with Crippen LogP contribution in [-0.4, -0.2) is 56.0 Å². The summed E-state index contributed by atoms with van der Waals surface area (Å²) in [4.78, 5) is 39.1. The number of amides is 1. The monoisotopic (exact) mass is 453 g/mol. The molecule has 0 bridgehead atoms. The molecule has 0 aromatic heterocycles. The summed E-state index contributed by atoms with van der Waals surface area (Å²) in [6, 6.07) is 14.1. The fraction of sp³-hybridized carbons (Fsp3) is 0.423. The third kappa shape index (κ3) is 6.57. The van der Waals surface area contributed by atoms with Crippen LogP contribution < -0.4 is 9.47 Å². The van der Waals surface area contributed by atoms with Crippen molar-refractivity contribution in [2.45, 2.75) is 44.6 Å². The van der Waals surface area contributed by atoms with Gasteiger partial charge < -0.3 is 19.1 Å². The minimum Gasteiger partial charge on any atom is -0.493 e. The summed E-state index contributed by atoms with van der Waals surface area (Å²) in [6.07, 6.45) is 2.92. The van der Waals surface area contributed by atoms with Crippen molar-refractivity contribution in [1.82, 2.24) is 4.90 Å². The highest BCUT2D eigenvalue weighted by Gasteiger charge is 2.34. The molecular weight excluding hydrogens is 422 g/mol. The quantitative estimate of drug-likeness (QED) is 0.380. The van der Waals surface area contributed by atoms with E-state index in [0.717, 1.165) is 12.0 Å². The third-order valence-corrected chi connectivity index (χ3v) is 5.82. The van der Waals surface area contributed by atoms with E-state index in [1.807, 2.05) is 36.4 Å². The number of ether oxygens (including phenoxy) is 3. The molecule has 0 N–H and O–H groups in total. The van der Waals surface area contributed by atoms with Crippen molar-refractivity contribution in [2.24, 2.45) is 0 Å². The van der Waals surface area contributed by atoms with Crippen LogP contribution in [0.2, 0.25) is 0 Å². The van der Waals surface area contributed by atoms with Crippen molar-refractivity contribution in [2.75, 3.05) is 27.4 Å². The normalized spacial score (nSPS) is 15.2. The average Bonchev–Trinajstić information content (AvgIpc) is 3.34. The molecule has 1 amide bonds. The fourth-order valence-corrected chi connectivity index (χ4v) is 4.02. The molecule has 7 nitrogen and oxygen atoms in total. The van der Waals surface area contributed by atoms with Crippen molar-refractivity contribution in [1.29, 1.82) is 0 Å². The fourth-order valence-electron chi connectivity index (χ4n) is 4.02. The molecule has 3 rings (SSSR count). The number of rotatable bonds is 11. The molecule has 1 saturated heterocycles. The van der Waals surface area contributed by atoms with Gasteiger partial charge in [0.05, 0.1) is 20.8 Å². The summed E-state index contributed by atoms with van der Waals surface area (Å²) in [6.45, 7) is 0.763. The lowest BCUT2D eigenvalue weighted by atomic mass is 10.1. The van der Waals surface area contributed by atoms with Crippen molar-refractivity contribution >= 4 is 17.7 Å². The molecule has 7 heteroatoms. The number of hydrogen-bond donors (Lipinski definition) is 0. The van der Waals surface area contributed by atoms with Gasteiger partial charge in [-0.1, -0.05) is 36.4 Å². The van der Waals surface area contributed by atoms with Crippen LogP contribution in [0.4, 0.5) is 0 Å². The van der Waals surface area contributed by atoms with Crippen molar-refractivity contribution < 1.29 is 28.6 Å². The Hall–Kier alpha value is -3.35. The smallest absolute Gasteiger partial charge is 0.328 e. The largest absolute Gasteiger partial charge is 0.493 e. The van der Waals surface area contributed by atoms with Gasteiger partial charge >= 0.3 is 5.97 Å². The van der Waals surface area contributed by atoms with E-state index >= 15 is 0 Å². The molecule has 1 aliphatic heterocycles. The van der Waals surface area contributed by atoms with Gasteiger partial charge in [0.2, 0.25) is 5.91 Å². The molecule has 33 heavy (non-hydrogen) atoms. The number of hydrogen-bond acceptors (Lipinski definition) is 6. The number of likely N-dealkylation sites (tertiary alicyclic amines) is 1. The number of benzene rings is 2. The van der Waals surface area contributed by atoms with Crippen LogP contribution >= 0.6 is 0 Å². The van der Waals surface area contributed by atoms with E-state index < -0.39 is 6.04 Å². The number of carbonyl (C=O) groups is 3. The zero-order valence-electron chi connectivity index (χ0n) is 19.2. The molecular formula is C26H31NO6. The van der Waals surface area contributed by atoms with E-state index in [1.165, 1.54) is 0 Å². The van der Waals surface area contributed by atoms with Gasteiger partial charge in [-0.15, -0.1) is 0 Å². The number of Topliss-reactive ketones (excluding diaryl/α,β-unsaturated/α-hetero) is 1. The lowest BCUT2D eigenvalue weighted by molar-refractivity contribution is -0.153. The first-order chi connectivity index (χ1) is 16.0. The SMILES string of the molecule is COc1ccc(CCOC(=O)[C@@H]2CCCN2C(=O)CCCC(=O)c2ccccc2)cc1OC. The second-order valence-corrected chi connectivity index (χ2v) is 7.99. The molecule has 1 aliphatic rings. The van der Waals surface area contributed by atoms with Gasteiger partial charge in [0.25, 0.3) is 0 Å². The second kappa shape index (κ2) is 12.0. The number of esters is 1. The minimum atomic E-state index is -0.548. The lowest BCUT2D eigenvalue weighted by Gasteiger charge is -2.23. The first-order valence-corrected chi connectivity index (χ1v) is 11.3. The molecule has 2 aromatic carbocycles. The van der Waals surface area contributed by atoms with Gasteiger partial charge in [0.1, 0.15) is 6.04 Å². The highest BCUT2D eigenvalue weighted by molar-refractivity contribution is 5.96. The minimum absolute atomic E-state index is 0.0240. The van der Waals surface area contributed by atoms with Crippen molar-refractivity contribution in [3.05, 3.63) is 59.7 Å². The maximum absolute atomic E-state index is 12.7. The van der Waals surface area contributed by atoms with E-state index in [1.54, 1.807) is 31.3 Å². The lowest BCUT2D eigenvalue weighted by Crippen LogP contribution is -2.41. The first kappa shape index (κ1) is 24.3.